The van der Waals surface area contributed by atoms with Crippen LogP contribution in [0.2, 0.25) is 0 Å². The van der Waals surface area contributed by atoms with Crippen LogP contribution >= 0.6 is 11.8 Å². The molecule has 8 heteroatoms. The van der Waals surface area contributed by atoms with E-state index in [0.29, 0.717) is 18.7 Å². The largest absolute Gasteiger partial charge is 0.352 e. The predicted octanol–water partition coefficient (Wildman–Crippen LogP) is 5.39. The van der Waals surface area contributed by atoms with Crippen molar-refractivity contribution in [1.29, 1.82) is 0 Å². The van der Waals surface area contributed by atoms with E-state index in [1.54, 1.807) is 17.0 Å². The molecule has 2 aromatic rings. The van der Waals surface area contributed by atoms with E-state index in [0.717, 1.165) is 42.4 Å². The molecule has 0 spiro atoms. The first-order valence-corrected chi connectivity index (χ1v) is 13.5. The highest BCUT2D eigenvalue weighted by Crippen LogP contribution is 2.21. The number of aryl methyl sites for hydroxylation is 1. The predicted molar refractivity (Wildman–Crippen MR) is 140 cm³/mol. The van der Waals surface area contributed by atoms with Gasteiger partial charge in [-0.2, -0.15) is 0 Å². The summed E-state index contributed by atoms with van der Waals surface area (Å²) in [6.07, 6.45) is 6.02. The summed E-state index contributed by atoms with van der Waals surface area (Å²) in [6, 6.07) is 14.1. The van der Waals surface area contributed by atoms with Gasteiger partial charge in [-0.25, -0.2) is 0 Å². The maximum Gasteiger partial charge on any atom is 0.269 e. The Morgan fingerprint density at radius 3 is 2.46 bits per heavy atom. The number of hydrogen-bond donors (Lipinski definition) is 1. The molecule has 1 aliphatic rings. The number of carbonyl (C=O) groups is 2. The average molecular weight is 498 g/mol. The lowest BCUT2D eigenvalue weighted by atomic mass is 9.95. The summed E-state index contributed by atoms with van der Waals surface area (Å²) in [5.74, 6) is 0.646. The number of nitro groups is 1. The van der Waals surface area contributed by atoms with Gasteiger partial charge in [-0.3, -0.25) is 19.7 Å². The van der Waals surface area contributed by atoms with Gasteiger partial charge in [-0.05, 0) is 37.3 Å². The van der Waals surface area contributed by atoms with Crippen LogP contribution in [0.5, 0.6) is 0 Å². The Kier molecular flexibility index (Phi) is 10.1. The van der Waals surface area contributed by atoms with Crippen LogP contribution in [0.1, 0.15) is 62.1 Å². The van der Waals surface area contributed by atoms with Crippen molar-refractivity contribution in [2.24, 2.45) is 0 Å². The van der Waals surface area contributed by atoms with Gasteiger partial charge in [0.1, 0.15) is 6.04 Å². The summed E-state index contributed by atoms with van der Waals surface area (Å²) < 4.78 is 0. The molecule has 35 heavy (non-hydrogen) atoms. The van der Waals surface area contributed by atoms with Crippen molar-refractivity contribution >= 4 is 29.3 Å². The first-order chi connectivity index (χ1) is 16.9. The third-order valence-corrected chi connectivity index (χ3v) is 7.40. The highest BCUT2D eigenvalue weighted by molar-refractivity contribution is 7.99. The molecule has 0 saturated heterocycles. The number of rotatable bonds is 11. The van der Waals surface area contributed by atoms with Gasteiger partial charge in [-0.1, -0.05) is 68.1 Å². The van der Waals surface area contributed by atoms with Crippen LogP contribution in [0, 0.1) is 17.0 Å². The minimum atomic E-state index is -0.523. The van der Waals surface area contributed by atoms with Crippen molar-refractivity contribution in [2.45, 2.75) is 76.8 Å². The smallest absolute Gasteiger partial charge is 0.269 e. The molecule has 7 nitrogen and oxygen atoms in total. The molecule has 0 radical (unpaired) electrons. The summed E-state index contributed by atoms with van der Waals surface area (Å²) in [4.78, 5) is 38.8. The number of nitro benzene ring substituents is 1. The number of nitrogens with one attached hydrogen (secondary N) is 1. The molecule has 3 rings (SSSR count). The summed E-state index contributed by atoms with van der Waals surface area (Å²) in [5.41, 5.74) is 3.08. The van der Waals surface area contributed by atoms with Gasteiger partial charge in [0.25, 0.3) is 5.69 Å². The van der Waals surface area contributed by atoms with E-state index in [4.69, 9.17) is 0 Å². The van der Waals surface area contributed by atoms with E-state index in [-0.39, 0.29) is 29.3 Å². The molecule has 0 aromatic heterocycles. The van der Waals surface area contributed by atoms with Crippen molar-refractivity contribution in [1.82, 2.24) is 10.2 Å². The molecule has 0 heterocycles. The van der Waals surface area contributed by atoms with Gasteiger partial charge in [0.15, 0.2) is 0 Å². The SMILES string of the molecule is CCC(C(=O)NC1CCCCC1)N(Cc1cccc(C)c1)C(=O)CSCc1ccc([N+](=O)[O-])cc1. The molecule has 1 unspecified atom stereocenters. The Hall–Kier alpha value is -2.87. The van der Waals surface area contributed by atoms with E-state index >= 15 is 0 Å². The van der Waals surface area contributed by atoms with Gasteiger partial charge in [0.2, 0.25) is 11.8 Å². The second kappa shape index (κ2) is 13.3. The molecule has 1 atom stereocenters. The van der Waals surface area contributed by atoms with Gasteiger partial charge in [-0.15, -0.1) is 11.8 Å². The lowest BCUT2D eigenvalue weighted by Gasteiger charge is -2.33. The van der Waals surface area contributed by atoms with Gasteiger partial charge >= 0.3 is 0 Å². The number of non-ortho nitro benzene ring substituents is 1. The molecule has 2 aromatic carbocycles. The summed E-state index contributed by atoms with van der Waals surface area (Å²) >= 11 is 1.45. The van der Waals surface area contributed by atoms with Gasteiger partial charge < -0.3 is 10.2 Å². The van der Waals surface area contributed by atoms with Crippen molar-refractivity contribution in [2.75, 3.05) is 5.75 Å². The van der Waals surface area contributed by atoms with Crippen LogP contribution in [-0.4, -0.2) is 39.5 Å². The van der Waals surface area contributed by atoms with Crippen LogP contribution in [0.4, 0.5) is 5.69 Å². The molecule has 1 aliphatic carbocycles. The van der Waals surface area contributed by atoms with E-state index in [1.165, 1.54) is 30.3 Å². The van der Waals surface area contributed by atoms with Crippen LogP contribution in [0.3, 0.4) is 0 Å². The zero-order valence-corrected chi connectivity index (χ0v) is 21.4. The standard InChI is InChI=1S/C27H35N3O4S/c1-3-25(27(32)28-23-10-5-4-6-11-23)29(17-22-9-7-8-20(2)16-22)26(31)19-35-18-21-12-14-24(15-13-21)30(33)34/h7-9,12-16,23,25H,3-6,10-11,17-19H2,1-2H3,(H,28,32). The first-order valence-electron chi connectivity index (χ1n) is 12.3. The summed E-state index contributed by atoms with van der Waals surface area (Å²) in [7, 11) is 0. The third-order valence-electron chi connectivity index (χ3n) is 6.41. The molecule has 1 fully saturated rings. The van der Waals surface area contributed by atoms with Crippen LogP contribution in [0.25, 0.3) is 0 Å². The molecular weight excluding hydrogens is 462 g/mol. The number of benzene rings is 2. The highest BCUT2D eigenvalue weighted by atomic mass is 32.2. The Labute approximate surface area is 211 Å². The maximum absolute atomic E-state index is 13.4. The number of nitrogens with zero attached hydrogens (tertiary/aromatic N) is 2. The molecule has 0 aliphatic heterocycles. The number of thioether (sulfide) groups is 1. The Bertz CT molecular complexity index is 1010. The number of amides is 2. The molecule has 1 N–H and O–H groups in total. The second-order valence-electron chi connectivity index (χ2n) is 9.19. The number of hydrogen-bond acceptors (Lipinski definition) is 5. The Balaban J connectivity index is 1.68. The van der Waals surface area contributed by atoms with Crippen molar-refractivity contribution in [3.8, 4) is 0 Å². The van der Waals surface area contributed by atoms with E-state index in [1.807, 2.05) is 32.0 Å². The minimum Gasteiger partial charge on any atom is -0.352 e. The Morgan fingerprint density at radius 1 is 1.11 bits per heavy atom. The first kappa shape index (κ1) is 26.7. The minimum absolute atomic E-state index is 0.0499. The monoisotopic (exact) mass is 497 g/mol. The normalized spacial score (nSPS) is 14.8. The van der Waals surface area contributed by atoms with Crippen molar-refractivity contribution in [3.63, 3.8) is 0 Å². The second-order valence-corrected chi connectivity index (χ2v) is 10.2. The fourth-order valence-electron chi connectivity index (χ4n) is 4.52. The molecule has 1 saturated carbocycles. The number of carbonyl (C=O) groups excluding carboxylic acids is 2. The molecular formula is C27H35N3O4S. The third kappa shape index (κ3) is 8.09. The van der Waals surface area contributed by atoms with Crippen LogP contribution in [0.15, 0.2) is 48.5 Å². The molecule has 2 amide bonds. The molecule has 0 bridgehead atoms. The van der Waals surface area contributed by atoms with Crippen molar-refractivity contribution < 1.29 is 14.5 Å². The van der Waals surface area contributed by atoms with Crippen LogP contribution < -0.4 is 5.32 Å². The zero-order valence-electron chi connectivity index (χ0n) is 20.6. The van der Waals surface area contributed by atoms with E-state index in [9.17, 15) is 19.7 Å². The zero-order chi connectivity index (χ0) is 25.2. The highest BCUT2D eigenvalue weighted by Gasteiger charge is 2.30. The van der Waals surface area contributed by atoms with E-state index < -0.39 is 11.0 Å². The fourth-order valence-corrected chi connectivity index (χ4v) is 5.39. The Morgan fingerprint density at radius 2 is 1.83 bits per heavy atom. The lowest BCUT2D eigenvalue weighted by molar-refractivity contribution is -0.384. The molecule has 188 valence electrons. The topological polar surface area (TPSA) is 92.6 Å². The maximum atomic E-state index is 13.4. The lowest BCUT2D eigenvalue weighted by Crippen LogP contribution is -2.52. The summed E-state index contributed by atoms with van der Waals surface area (Å²) in [6.45, 7) is 4.35. The van der Waals surface area contributed by atoms with Crippen molar-refractivity contribution in [3.05, 3.63) is 75.3 Å². The van der Waals surface area contributed by atoms with E-state index in [2.05, 4.69) is 11.4 Å². The quantitative estimate of drug-likeness (QED) is 0.332. The summed E-state index contributed by atoms with van der Waals surface area (Å²) in [5, 5.41) is 14.1. The van der Waals surface area contributed by atoms with Gasteiger partial charge in [0.05, 0.1) is 10.7 Å². The fraction of sp³-hybridized carbons (Fsp3) is 0.481. The van der Waals surface area contributed by atoms with Crippen LogP contribution in [-0.2, 0) is 21.9 Å². The van der Waals surface area contributed by atoms with Gasteiger partial charge in [0, 0.05) is 30.5 Å². The average Bonchev–Trinajstić information content (AvgIpc) is 2.85.